The van der Waals surface area contributed by atoms with E-state index in [-0.39, 0.29) is 5.91 Å². The standard InChI is InChI=1S/C16H16BrNOS/c1-12-11-13(7-8-15(12)17)16(19)18-9-10-20-14-5-3-2-4-6-14/h2-8,11H,9-10H2,1H3,(H,18,19). The van der Waals surface area contributed by atoms with Crippen molar-refractivity contribution < 1.29 is 4.79 Å². The fourth-order valence-electron chi connectivity index (χ4n) is 1.74. The molecule has 104 valence electrons. The van der Waals surface area contributed by atoms with Gasteiger partial charge in [-0.05, 0) is 42.8 Å². The Hall–Kier alpha value is -1.26. The fourth-order valence-corrected chi connectivity index (χ4v) is 2.77. The highest BCUT2D eigenvalue weighted by Crippen LogP contribution is 2.17. The topological polar surface area (TPSA) is 29.1 Å². The lowest BCUT2D eigenvalue weighted by Gasteiger charge is -2.06. The molecule has 0 saturated carbocycles. The van der Waals surface area contributed by atoms with E-state index in [1.807, 2.05) is 43.3 Å². The van der Waals surface area contributed by atoms with E-state index in [2.05, 4.69) is 33.4 Å². The molecule has 0 heterocycles. The summed E-state index contributed by atoms with van der Waals surface area (Å²) in [6.07, 6.45) is 0. The number of hydrogen-bond acceptors (Lipinski definition) is 2. The third kappa shape index (κ3) is 4.39. The van der Waals surface area contributed by atoms with Gasteiger partial charge < -0.3 is 5.32 Å². The molecule has 1 N–H and O–H groups in total. The normalized spacial score (nSPS) is 10.3. The molecular formula is C16H16BrNOS. The van der Waals surface area contributed by atoms with E-state index in [0.717, 1.165) is 15.8 Å². The van der Waals surface area contributed by atoms with E-state index < -0.39 is 0 Å². The van der Waals surface area contributed by atoms with Crippen LogP contribution in [0.1, 0.15) is 15.9 Å². The second-order valence-electron chi connectivity index (χ2n) is 4.38. The minimum atomic E-state index is -0.0192. The van der Waals surface area contributed by atoms with Crippen LogP contribution in [0.25, 0.3) is 0 Å². The molecule has 2 rings (SSSR count). The molecule has 0 spiro atoms. The molecule has 0 fully saturated rings. The summed E-state index contributed by atoms with van der Waals surface area (Å²) in [6.45, 7) is 2.64. The van der Waals surface area contributed by atoms with Crippen LogP contribution in [0.2, 0.25) is 0 Å². The van der Waals surface area contributed by atoms with E-state index in [1.165, 1.54) is 4.90 Å². The maximum Gasteiger partial charge on any atom is 0.251 e. The van der Waals surface area contributed by atoms with E-state index in [4.69, 9.17) is 0 Å². The Bertz CT molecular complexity index is 586. The van der Waals surface area contributed by atoms with Gasteiger partial charge in [-0.2, -0.15) is 0 Å². The van der Waals surface area contributed by atoms with E-state index in [1.54, 1.807) is 11.8 Å². The minimum absolute atomic E-state index is 0.0192. The second-order valence-corrected chi connectivity index (χ2v) is 6.40. The van der Waals surface area contributed by atoms with Gasteiger partial charge in [-0.15, -0.1) is 11.8 Å². The van der Waals surface area contributed by atoms with Gasteiger partial charge in [0, 0.05) is 27.2 Å². The Labute approximate surface area is 132 Å². The zero-order valence-corrected chi connectivity index (χ0v) is 13.6. The summed E-state index contributed by atoms with van der Waals surface area (Å²) in [5.41, 5.74) is 1.77. The van der Waals surface area contributed by atoms with Crippen LogP contribution >= 0.6 is 27.7 Å². The summed E-state index contributed by atoms with van der Waals surface area (Å²) >= 11 is 5.17. The molecule has 20 heavy (non-hydrogen) atoms. The Morgan fingerprint density at radius 2 is 1.95 bits per heavy atom. The molecule has 0 aliphatic carbocycles. The van der Waals surface area contributed by atoms with Gasteiger partial charge in [-0.1, -0.05) is 34.1 Å². The highest BCUT2D eigenvalue weighted by Gasteiger charge is 2.06. The number of nitrogens with one attached hydrogen (secondary N) is 1. The predicted molar refractivity (Wildman–Crippen MR) is 88.4 cm³/mol. The zero-order valence-electron chi connectivity index (χ0n) is 11.2. The predicted octanol–water partition coefficient (Wildman–Crippen LogP) is 4.28. The fraction of sp³-hybridized carbons (Fsp3) is 0.188. The summed E-state index contributed by atoms with van der Waals surface area (Å²) in [5.74, 6) is 0.847. The number of amides is 1. The summed E-state index contributed by atoms with van der Waals surface area (Å²) in [7, 11) is 0. The number of rotatable bonds is 5. The molecule has 1 amide bonds. The van der Waals surface area contributed by atoms with Crippen LogP contribution in [-0.2, 0) is 0 Å². The van der Waals surface area contributed by atoms with E-state index >= 15 is 0 Å². The van der Waals surface area contributed by atoms with Crippen molar-refractivity contribution in [1.29, 1.82) is 0 Å². The SMILES string of the molecule is Cc1cc(C(=O)NCCSc2ccccc2)ccc1Br. The number of aryl methyl sites for hydroxylation is 1. The van der Waals surface area contributed by atoms with Crippen molar-refractivity contribution >= 4 is 33.6 Å². The quantitative estimate of drug-likeness (QED) is 0.644. The Morgan fingerprint density at radius 1 is 1.20 bits per heavy atom. The van der Waals surface area contributed by atoms with Crippen molar-refractivity contribution in [3.8, 4) is 0 Å². The average molecular weight is 350 g/mol. The molecule has 2 nitrogen and oxygen atoms in total. The first-order valence-electron chi connectivity index (χ1n) is 6.39. The molecule has 2 aromatic rings. The summed E-state index contributed by atoms with van der Waals surface area (Å²) in [6, 6.07) is 15.8. The minimum Gasteiger partial charge on any atom is -0.351 e. The Morgan fingerprint density at radius 3 is 2.65 bits per heavy atom. The molecule has 0 radical (unpaired) electrons. The van der Waals surface area contributed by atoms with Crippen molar-refractivity contribution in [2.24, 2.45) is 0 Å². The Kier molecular flexibility index (Phi) is 5.68. The molecule has 0 unspecified atom stereocenters. The summed E-state index contributed by atoms with van der Waals surface area (Å²) in [5, 5.41) is 2.94. The monoisotopic (exact) mass is 349 g/mol. The molecule has 0 aliphatic heterocycles. The first-order chi connectivity index (χ1) is 9.66. The van der Waals surface area contributed by atoms with Crippen LogP contribution in [0, 0.1) is 6.92 Å². The lowest BCUT2D eigenvalue weighted by atomic mass is 10.1. The summed E-state index contributed by atoms with van der Waals surface area (Å²) in [4.78, 5) is 13.2. The molecule has 0 aromatic heterocycles. The molecule has 0 saturated heterocycles. The largest absolute Gasteiger partial charge is 0.351 e. The maximum atomic E-state index is 12.0. The lowest BCUT2D eigenvalue weighted by molar-refractivity contribution is 0.0956. The van der Waals surface area contributed by atoms with Crippen LogP contribution in [-0.4, -0.2) is 18.2 Å². The second kappa shape index (κ2) is 7.50. The highest BCUT2D eigenvalue weighted by atomic mass is 79.9. The van der Waals surface area contributed by atoms with E-state index in [9.17, 15) is 4.79 Å². The van der Waals surface area contributed by atoms with Crippen LogP contribution in [0.3, 0.4) is 0 Å². The molecule has 2 aromatic carbocycles. The van der Waals surface area contributed by atoms with Gasteiger partial charge in [-0.25, -0.2) is 0 Å². The number of halogens is 1. The van der Waals surface area contributed by atoms with Gasteiger partial charge in [0.25, 0.3) is 5.91 Å². The van der Waals surface area contributed by atoms with Crippen molar-refractivity contribution in [3.63, 3.8) is 0 Å². The first kappa shape index (κ1) is 15.1. The third-order valence-corrected chi connectivity index (χ3v) is 4.72. The number of benzene rings is 2. The maximum absolute atomic E-state index is 12.0. The van der Waals surface area contributed by atoms with Crippen LogP contribution in [0.15, 0.2) is 57.9 Å². The van der Waals surface area contributed by atoms with Gasteiger partial charge >= 0.3 is 0 Å². The lowest BCUT2D eigenvalue weighted by Crippen LogP contribution is -2.25. The zero-order chi connectivity index (χ0) is 14.4. The first-order valence-corrected chi connectivity index (χ1v) is 8.17. The van der Waals surface area contributed by atoms with Gasteiger partial charge in [0.15, 0.2) is 0 Å². The average Bonchev–Trinajstić information content (AvgIpc) is 2.47. The third-order valence-electron chi connectivity index (χ3n) is 2.82. The van der Waals surface area contributed by atoms with Gasteiger partial charge in [-0.3, -0.25) is 4.79 Å². The number of carbonyl (C=O) groups excluding carboxylic acids is 1. The van der Waals surface area contributed by atoms with Crippen LogP contribution < -0.4 is 5.32 Å². The van der Waals surface area contributed by atoms with Gasteiger partial charge in [0.2, 0.25) is 0 Å². The number of hydrogen-bond donors (Lipinski definition) is 1. The molecule has 0 atom stereocenters. The van der Waals surface area contributed by atoms with Crippen molar-refractivity contribution in [1.82, 2.24) is 5.32 Å². The number of carbonyl (C=O) groups is 1. The van der Waals surface area contributed by atoms with E-state index in [0.29, 0.717) is 12.1 Å². The Balaban J connectivity index is 1.79. The van der Waals surface area contributed by atoms with Crippen molar-refractivity contribution in [2.75, 3.05) is 12.3 Å². The van der Waals surface area contributed by atoms with Crippen LogP contribution in [0.5, 0.6) is 0 Å². The van der Waals surface area contributed by atoms with Gasteiger partial charge in [0.1, 0.15) is 0 Å². The smallest absolute Gasteiger partial charge is 0.251 e. The van der Waals surface area contributed by atoms with Crippen molar-refractivity contribution in [2.45, 2.75) is 11.8 Å². The van der Waals surface area contributed by atoms with Crippen molar-refractivity contribution in [3.05, 3.63) is 64.1 Å². The molecule has 0 bridgehead atoms. The van der Waals surface area contributed by atoms with Crippen LogP contribution in [0.4, 0.5) is 0 Å². The summed E-state index contributed by atoms with van der Waals surface area (Å²) < 4.78 is 1.02. The molecule has 0 aliphatic rings. The highest BCUT2D eigenvalue weighted by molar-refractivity contribution is 9.10. The number of thioether (sulfide) groups is 1. The van der Waals surface area contributed by atoms with Gasteiger partial charge in [0.05, 0.1) is 0 Å². The molecule has 4 heteroatoms. The molecular weight excluding hydrogens is 334 g/mol.